The SMILES string of the molecule is CN=C(NCCCOC1CCN(Cc2ccccc2)CC1)NCc1nc(C)c(C)o1.I. The number of hydrogen-bond donors (Lipinski definition) is 2. The normalized spacial score (nSPS) is 15.5. The van der Waals surface area contributed by atoms with Gasteiger partial charge in [0, 0.05) is 39.8 Å². The van der Waals surface area contributed by atoms with Gasteiger partial charge in [0.05, 0.1) is 18.3 Å². The number of likely N-dealkylation sites (tertiary alicyclic amines) is 1. The molecule has 2 aromatic rings. The van der Waals surface area contributed by atoms with Crippen LogP contribution in [0.4, 0.5) is 0 Å². The maximum absolute atomic E-state index is 6.09. The van der Waals surface area contributed by atoms with Crippen molar-refractivity contribution in [2.75, 3.05) is 33.3 Å². The van der Waals surface area contributed by atoms with Crippen LogP contribution >= 0.6 is 24.0 Å². The summed E-state index contributed by atoms with van der Waals surface area (Å²) < 4.78 is 11.7. The predicted molar refractivity (Wildman–Crippen MR) is 135 cm³/mol. The van der Waals surface area contributed by atoms with Crippen molar-refractivity contribution in [1.29, 1.82) is 0 Å². The van der Waals surface area contributed by atoms with E-state index in [1.807, 2.05) is 13.8 Å². The van der Waals surface area contributed by atoms with E-state index in [4.69, 9.17) is 9.15 Å². The van der Waals surface area contributed by atoms with E-state index in [1.54, 1.807) is 7.05 Å². The van der Waals surface area contributed by atoms with Gasteiger partial charge in [0.1, 0.15) is 5.76 Å². The van der Waals surface area contributed by atoms with E-state index < -0.39 is 0 Å². The third kappa shape index (κ3) is 8.78. The zero-order valence-electron chi connectivity index (χ0n) is 18.9. The Balaban J connectivity index is 0.00000341. The van der Waals surface area contributed by atoms with Crippen molar-refractivity contribution >= 4 is 29.9 Å². The van der Waals surface area contributed by atoms with Crippen LogP contribution in [0.15, 0.2) is 39.7 Å². The van der Waals surface area contributed by atoms with Crippen LogP contribution in [0.5, 0.6) is 0 Å². The van der Waals surface area contributed by atoms with Crippen LogP contribution in [0.3, 0.4) is 0 Å². The lowest BCUT2D eigenvalue weighted by Gasteiger charge is -2.32. The number of aryl methyl sites for hydroxylation is 2. The molecule has 7 nitrogen and oxygen atoms in total. The quantitative estimate of drug-likeness (QED) is 0.219. The molecule has 172 valence electrons. The number of aliphatic imine (C=N–C) groups is 1. The number of guanidine groups is 1. The first-order valence-electron chi connectivity index (χ1n) is 10.9. The van der Waals surface area contributed by atoms with Crippen LogP contribution in [0.1, 0.15) is 42.2 Å². The lowest BCUT2D eigenvalue weighted by molar-refractivity contribution is 0.00534. The van der Waals surface area contributed by atoms with E-state index in [-0.39, 0.29) is 24.0 Å². The Hall–Kier alpha value is -1.65. The van der Waals surface area contributed by atoms with E-state index in [2.05, 4.69) is 55.8 Å². The number of benzene rings is 1. The fraction of sp³-hybridized carbons (Fsp3) is 0.565. The van der Waals surface area contributed by atoms with Crippen molar-refractivity contribution in [3.8, 4) is 0 Å². The maximum atomic E-state index is 6.09. The Bertz CT molecular complexity index is 769. The number of ether oxygens (including phenoxy) is 1. The maximum Gasteiger partial charge on any atom is 0.214 e. The Kier molecular flexibility index (Phi) is 11.3. The average Bonchev–Trinajstić information content (AvgIpc) is 3.09. The molecule has 1 saturated heterocycles. The van der Waals surface area contributed by atoms with Gasteiger partial charge in [-0.25, -0.2) is 4.98 Å². The summed E-state index contributed by atoms with van der Waals surface area (Å²) in [5.74, 6) is 2.28. The van der Waals surface area contributed by atoms with Crippen LogP contribution in [-0.2, 0) is 17.8 Å². The molecule has 0 radical (unpaired) electrons. The Morgan fingerprint density at radius 1 is 1.19 bits per heavy atom. The highest BCUT2D eigenvalue weighted by molar-refractivity contribution is 14.0. The highest BCUT2D eigenvalue weighted by atomic mass is 127. The van der Waals surface area contributed by atoms with Gasteiger partial charge in [-0.15, -0.1) is 24.0 Å². The standard InChI is InChI=1S/C23H35N5O2.HI/c1-18-19(2)30-22(27-18)16-26-23(24-3)25-12-7-15-29-21-10-13-28(14-11-21)17-20-8-5-4-6-9-20;/h4-6,8-9,21H,7,10-17H2,1-3H3,(H2,24,25,26);1H. The Labute approximate surface area is 203 Å². The zero-order chi connectivity index (χ0) is 21.2. The van der Waals surface area contributed by atoms with Crippen LogP contribution in [0, 0.1) is 13.8 Å². The summed E-state index contributed by atoms with van der Waals surface area (Å²) in [7, 11) is 1.77. The predicted octanol–water partition coefficient (Wildman–Crippen LogP) is 3.65. The van der Waals surface area contributed by atoms with Crippen LogP contribution in [0.25, 0.3) is 0 Å². The summed E-state index contributed by atoms with van der Waals surface area (Å²) >= 11 is 0. The monoisotopic (exact) mass is 541 g/mol. The molecule has 0 atom stereocenters. The van der Waals surface area contributed by atoms with Gasteiger partial charge in [0.15, 0.2) is 5.96 Å². The number of oxazole rings is 1. The van der Waals surface area contributed by atoms with Gasteiger partial charge < -0.3 is 19.8 Å². The first kappa shape index (κ1) is 25.6. The third-order valence-electron chi connectivity index (χ3n) is 5.45. The molecule has 1 aromatic heterocycles. The summed E-state index contributed by atoms with van der Waals surface area (Å²) in [6.07, 6.45) is 3.55. The lowest BCUT2D eigenvalue weighted by Crippen LogP contribution is -2.38. The number of nitrogens with one attached hydrogen (secondary N) is 2. The van der Waals surface area contributed by atoms with Crippen molar-refractivity contribution in [3.05, 3.63) is 53.2 Å². The van der Waals surface area contributed by atoms with E-state index in [9.17, 15) is 0 Å². The fourth-order valence-corrected chi connectivity index (χ4v) is 3.60. The van der Waals surface area contributed by atoms with E-state index >= 15 is 0 Å². The summed E-state index contributed by atoms with van der Waals surface area (Å²) in [6.45, 7) is 9.22. The first-order valence-corrected chi connectivity index (χ1v) is 10.9. The molecule has 1 aliphatic rings. The topological polar surface area (TPSA) is 74.9 Å². The third-order valence-corrected chi connectivity index (χ3v) is 5.45. The number of aromatic nitrogens is 1. The Morgan fingerprint density at radius 3 is 2.58 bits per heavy atom. The average molecular weight is 541 g/mol. The second-order valence-corrected chi connectivity index (χ2v) is 7.79. The molecule has 1 aromatic carbocycles. The minimum absolute atomic E-state index is 0. The first-order chi connectivity index (χ1) is 14.6. The van der Waals surface area contributed by atoms with Gasteiger partial charge in [-0.05, 0) is 38.7 Å². The molecule has 1 aliphatic heterocycles. The molecule has 0 amide bonds. The largest absolute Gasteiger partial charge is 0.444 e. The summed E-state index contributed by atoms with van der Waals surface area (Å²) in [6, 6.07) is 10.7. The van der Waals surface area contributed by atoms with Gasteiger partial charge in [-0.3, -0.25) is 9.89 Å². The minimum Gasteiger partial charge on any atom is -0.444 e. The second-order valence-electron chi connectivity index (χ2n) is 7.79. The number of nitrogens with zero attached hydrogens (tertiary/aromatic N) is 3. The Morgan fingerprint density at radius 2 is 1.94 bits per heavy atom. The van der Waals surface area contributed by atoms with Crippen molar-refractivity contribution < 1.29 is 9.15 Å². The van der Waals surface area contributed by atoms with Gasteiger partial charge in [0.2, 0.25) is 5.89 Å². The molecule has 8 heteroatoms. The lowest BCUT2D eigenvalue weighted by atomic mass is 10.1. The summed E-state index contributed by atoms with van der Waals surface area (Å²) in [5, 5.41) is 6.54. The molecule has 31 heavy (non-hydrogen) atoms. The molecule has 3 rings (SSSR count). The molecule has 0 aliphatic carbocycles. The van der Waals surface area contributed by atoms with Crippen LogP contribution in [-0.4, -0.2) is 55.2 Å². The summed E-state index contributed by atoms with van der Waals surface area (Å²) in [5.41, 5.74) is 2.32. The van der Waals surface area contributed by atoms with E-state index in [1.165, 1.54) is 5.56 Å². The van der Waals surface area contributed by atoms with E-state index in [0.29, 0.717) is 18.5 Å². The van der Waals surface area contributed by atoms with Gasteiger partial charge in [0.25, 0.3) is 0 Å². The zero-order valence-corrected chi connectivity index (χ0v) is 21.2. The highest BCUT2D eigenvalue weighted by Gasteiger charge is 2.19. The van der Waals surface area contributed by atoms with Crippen molar-refractivity contribution in [1.82, 2.24) is 20.5 Å². The van der Waals surface area contributed by atoms with Crippen LogP contribution < -0.4 is 10.6 Å². The number of halogens is 1. The highest BCUT2D eigenvalue weighted by Crippen LogP contribution is 2.16. The molecule has 0 bridgehead atoms. The number of rotatable bonds is 9. The minimum atomic E-state index is 0. The summed E-state index contributed by atoms with van der Waals surface area (Å²) in [4.78, 5) is 11.1. The van der Waals surface area contributed by atoms with E-state index in [0.717, 1.165) is 69.5 Å². The molecular formula is C23H36IN5O2. The number of piperidine rings is 1. The van der Waals surface area contributed by atoms with Crippen molar-refractivity contribution in [3.63, 3.8) is 0 Å². The van der Waals surface area contributed by atoms with Gasteiger partial charge in [-0.1, -0.05) is 30.3 Å². The molecule has 2 heterocycles. The second kappa shape index (κ2) is 13.7. The molecule has 0 unspecified atom stereocenters. The van der Waals surface area contributed by atoms with Gasteiger partial charge in [-0.2, -0.15) is 0 Å². The molecular weight excluding hydrogens is 505 g/mol. The molecule has 2 N–H and O–H groups in total. The molecule has 0 spiro atoms. The molecule has 0 saturated carbocycles. The fourth-order valence-electron chi connectivity index (χ4n) is 3.60. The molecule has 1 fully saturated rings. The van der Waals surface area contributed by atoms with Gasteiger partial charge >= 0.3 is 0 Å². The smallest absolute Gasteiger partial charge is 0.214 e. The number of hydrogen-bond acceptors (Lipinski definition) is 5. The van der Waals surface area contributed by atoms with Crippen LogP contribution in [0.2, 0.25) is 0 Å². The van der Waals surface area contributed by atoms with Crippen molar-refractivity contribution in [2.45, 2.75) is 52.3 Å². The van der Waals surface area contributed by atoms with Crippen molar-refractivity contribution in [2.24, 2.45) is 4.99 Å².